The number of nitrogen functional groups attached to an aromatic ring is 1. The van der Waals surface area contributed by atoms with Crippen LogP contribution in [-0.4, -0.2) is 16.6 Å². The van der Waals surface area contributed by atoms with Crippen LogP contribution < -0.4 is 10.5 Å². The minimum absolute atomic E-state index is 0.161. The van der Waals surface area contributed by atoms with E-state index in [1.54, 1.807) is 25.3 Å². The van der Waals surface area contributed by atoms with Gasteiger partial charge < -0.3 is 10.5 Å². The highest BCUT2D eigenvalue weighted by molar-refractivity contribution is 7.85. The van der Waals surface area contributed by atoms with Crippen LogP contribution >= 0.6 is 0 Å². The molecule has 1 aromatic carbocycles. The fourth-order valence-electron chi connectivity index (χ4n) is 1.59. The lowest BCUT2D eigenvalue weighted by Crippen LogP contribution is -2.14. The average Bonchev–Trinajstić information content (AvgIpc) is 2.31. The van der Waals surface area contributed by atoms with E-state index in [1.165, 1.54) is 0 Å². The van der Waals surface area contributed by atoms with Crippen LogP contribution in [0.3, 0.4) is 0 Å². The Morgan fingerprint density at radius 3 is 2.50 bits per heavy atom. The molecule has 0 aliphatic carbocycles. The van der Waals surface area contributed by atoms with Crippen LogP contribution in [-0.2, 0) is 10.8 Å². The number of methoxy groups -OCH3 is 1. The molecule has 0 spiro atoms. The number of benzene rings is 1. The van der Waals surface area contributed by atoms with Crippen LogP contribution in [0.2, 0.25) is 0 Å². The van der Waals surface area contributed by atoms with Crippen molar-refractivity contribution in [2.45, 2.75) is 36.8 Å². The molecule has 0 amide bonds. The Labute approximate surface area is 99.4 Å². The molecule has 2 N–H and O–H groups in total. The van der Waals surface area contributed by atoms with Crippen molar-refractivity contribution in [3.63, 3.8) is 0 Å². The summed E-state index contributed by atoms with van der Waals surface area (Å²) in [6.45, 7) is 4.09. The van der Waals surface area contributed by atoms with Crippen LogP contribution in [0.1, 0.15) is 26.7 Å². The Hall–Kier alpha value is -1.03. The zero-order valence-corrected chi connectivity index (χ0v) is 10.8. The van der Waals surface area contributed by atoms with Crippen LogP contribution in [0.4, 0.5) is 5.69 Å². The van der Waals surface area contributed by atoms with Crippen molar-refractivity contribution >= 4 is 16.5 Å². The van der Waals surface area contributed by atoms with Gasteiger partial charge >= 0.3 is 0 Å². The van der Waals surface area contributed by atoms with Crippen LogP contribution in [0, 0.1) is 0 Å². The second-order valence-electron chi connectivity index (χ2n) is 3.64. The highest BCUT2D eigenvalue weighted by Crippen LogP contribution is 2.26. The first kappa shape index (κ1) is 13.0. The Morgan fingerprint density at radius 1 is 1.38 bits per heavy atom. The lowest BCUT2D eigenvalue weighted by molar-refractivity contribution is 0.413. The molecule has 0 heterocycles. The summed E-state index contributed by atoms with van der Waals surface area (Å²) >= 11 is 0. The van der Waals surface area contributed by atoms with Crippen molar-refractivity contribution in [3.8, 4) is 5.75 Å². The molecule has 0 aromatic heterocycles. The van der Waals surface area contributed by atoms with Gasteiger partial charge in [0.05, 0.1) is 22.8 Å². The Bertz CT molecular complexity index is 375. The maximum Gasteiger partial charge on any atom is 0.120 e. The van der Waals surface area contributed by atoms with Gasteiger partial charge in [0.2, 0.25) is 0 Å². The number of rotatable bonds is 5. The van der Waals surface area contributed by atoms with E-state index >= 15 is 0 Å². The number of hydrogen-bond donors (Lipinski definition) is 1. The van der Waals surface area contributed by atoms with Gasteiger partial charge in [-0.15, -0.1) is 0 Å². The van der Waals surface area contributed by atoms with Gasteiger partial charge in [0.25, 0.3) is 0 Å². The summed E-state index contributed by atoms with van der Waals surface area (Å²) in [7, 11) is 0.543. The minimum atomic E-state index is -1.05. The van der Waals surface area contributed by atoms with E-state index in [0.717, 1.165) is 12.8 Å². The molecule has 1 atom stereocenters. The zero-order valence-electron chi connectivity index (χ0n) is 10.0. The van der Waals surface area contributed by atoms with Gasteiger partial charge in [-0.25, -0.2) is 0 Å². The normalized spacial score (nSPS) is 12.8. The van der Waals surface area contributed by atoms with E-state index in [4.69, 9.17) is 10.5 Å². The molecular formula is C12H19NO2S. The summed E-state index contributed by atoms with van der Waals surface area (Å²) in [4.78, 5) is 0.688. The van der Waals surface area contributed by atoms with Crippen LogP contribution in [0.5, 0.6) is 5.75 Å². The fraction of sp³-hybridized carbons (Fsp3) is 0.500. The van der Waals surface area contributed by atoms with Crippen molar-refractivity contribution < 1.29 is 8.95 Å². The minimum Gasteiger partial charge on any atom is -0.497 e. The van der Waals surface area contributed by atoms with Crippen molar-refractivity contribution in [3.05, 3.63) is 18.2 Å². The molecule has 4 heteroatoms. The second kappa shape index (κ2) is 5.89. The van der Waals surface area contributed by atoms with Crippen molar-refractivity contribution in [1.82, 2.24) is 0 Å². The van der Waals surface area contributed by atoms with E-state index in [-0.39, 0.29) is 5.25 Å². The lowest BCUT2D eigenvalue weighted by atomic mass is 10.3. The summed E-state index contributed by atoms with van der Waals surface area (Å²) < 4.78 is 17.4. The summed E-state index contributed by atoms with van der Waals surface area (Å²) in [5.74, 6) is 0.698. The topological polar surface area (TPSA) is 52.3 Å². The Kier molecular flexibility index (Phi) is 4.80. The third-order valence-electron chi connectivity index (χ3n) is 2.65. The monoisotopic (exact) mass is 241 g/mol. The number of nitrogens with two attached hydrogens (primary N) is 1. The molecule has 16 heavy (non-hydrogen) atoms. The first-order valence-electron chi connectivity index (χ1n) is 5.48. The predicted octanol–water partition coefficient (Wildman–Crippen LogP) is 2.57. The van der Waals surface area contributed by atoms with Gasteiger partial charge in [0.1, 0.15) is 5.75 Å². The summed E-state index contributed by atoms with van der Waals surface area (Å²) in [6, 6.07) is 5.29. The van der Waals surface area contributed by atoms with E-state index in [9.17, 15) is 4.21 Å². The SMILES string of the molecule is CCC(CC)S(=O)c1cc(OC)ccc1N. The molecule has 0 saturated carbocycles. The molecular weight excluding hydrogens is 222 g/mol. The Morgan fingerprint density at radius 2 is 2.00 bits per heavy atom. The molecule has 0 radical (unpaired) electrons. The molecule has 0 aliphatic heterocycles. The van der Waals surface area contributed by atoms with Gasteiger partial charge in [-0.1, -0.05) is 13.8 Å². The first-order valence-corrected chi connectivity index (χ1v) is 6.69. The summed E-state index contributed by atoms with van der Waals surface area (Å²) in [5.41, 5.74) is 6.42. The van der Waals surface area contributed by atoms with E-state index in [1.807, 2.05) is 13.8 Å². The van der Waals surface area contributed by atoms with Crippen molar-refractivity contribution in [2.75, 3.05) is 12.8 Å². The molecule has 3 nitrogen and oxygen atoms in total. The van der Waals surface area contributed by atoms with Crippen molar-refractivity contribution in [1.29, 1.82) is 0 Å². The van der Waals surface area contributed by atoms with Gasteiger partial charge in [0.15, 0.2) is 0 Å². The standard InChI is InChI=1S/C12H19NO2S/c1-4-10(5-2)16(14)12-8-9(15-3)6-7-11(12)13/h6-8,10H,4-5,13H2,1-3H3. The molecule has 0 saturated heterocycles. The number of hydrogen-bond acceptors (Lipinski definition) is 3. The summed E-state index contributed by atoms with van der Waals surface area (Å²) in [5, 5.41) is 0.161. The molecule has 0 bridgehead atoms. The largest absolute Gasteiger partial charge is 0.497 e. The average molecular weight is 241 g/mol. The quantitative estimate of drug-likeness (QED) is 0.806. The van der Waals surface area contributed by atoms with Gasteiger partial charge in [-0.3, -0.25) is 4.21 Å². The van der Waals surface area contributed by atoms with Gasteiger partial charge in [0, 0.05) is 10.9 Å². The highest BCUT2D eigenvalue weighted by atomic mass is 32.2. The van der Waals surface area contributed by atoms with Gasteiger partial charge in [-0.05, 0) is 31.0 Å². The number of ether oxygens (including phenoxy) is 1. The highest BCUT2D eigenvalue weighted by Gasteiger charge is 2.17. The molecule has 1 unspecified atom stereocenters. The molecule has 1 aromatic rings. The van der Waals surface area contributed by atoms with E-state index < -0.39 is 10.8 Å². The van der Waals surface area contributed by atoms with E-state index in [0.29, 0.717) is 16.3 Å². The molecule has 0 aliphatic rings. The third-order valence-corrected chi connectivity index (χ3v) is 4.71. The fourth-order valence-corrected chi connectivity index (χ4v) is 3.08. The maximum absolute atomic E-state index is 12.3. The predicted molar refractivity (Wildman–Crippen MR) is 68.2 cm³/mol. The Balaban J connectivity index is 3.06. The smallest absolute Gasteiger partial charge is 0.120 e. The lowest BCUT2D eigenvalue weighted by Gasteiger charge is -2.14. The van der Waals surface area contributed by atoms with Crippen LogP contribution in [0.25, 0.3) is 0 Å². The van der Waals surface area contributed by atoms with Crippen LogP contribution in [0.15, 0.2) is 23.1 Å². The third kappa shape index (κ3) is 2.76. The number of anilines is 1. The first-order chi connectivity index (χ1) is 7.63. The van der Waals surface area contributed by atoms with E-state index in [2.05, 4.69) is 0 Å². The zero-order chi connectivity index (χ0) is 12.1. The maximum atomic E-state index is 12.3. The summed E-state index contributed by atoms with van der Waals surface area (Å²) in [6.07, 6.45) is 1.78. The molecule has 0 fully saturated rings. The van der Waals surface area contributed by atoms with Crippen molar-refractivity contribution in [2.24, 2.45) is 0 Å². The molecule has 1 rings (SSSR count). The molecule has 90 valence electrons. The van der Waals surface area contributed by atoms with Gasteiger partial charge in [-0.2, -0.15) is 0 Å². The second-order valence-corrected chi connectivity index (χ2v) is 5.34.